The molecule has 1 aromatic heterocycles. The van der Waals surface area contributed by atoms with Crippen LogP contribution < -0.4 is 15.4 Å². The fourth-order valence-electron chi connectivity index (χ4n) is 3.17. The number of rotatable bonds is 10. The summed E-state index contributed by atoms with van der Waals surface area (Å²) in [6, 6.07) is 13.0. The van der Waals surface area contributed by atoms with Crippen LogP contribution in [0.3, 0.4) is 0 Å². The van der Waals surface area contributed by atoms with Gasteiger partial charge in [-0.3, -0.25) is 0 Å². The Bertz CT molecular complexity index is 1080. The van der Waals surface area contributed by atoms with Crippen LogP contribution in [0.4, 0.5) is 11.5 Å². The molecule has 8 heteroatoms. The lowest BCUT2D eigenvalue weighted by molar-refractivity contribution is 0.252. The molecule has 0 aliphatic heterocycles. The summed E-state index contributed by atoms with van der Waals surface area (Å²) in [4.78, 5) is 10.8. The third-order valence-corrected chi connectivity index (χ3v) is 4.80. The number of anilines is 2. The maximum Gasteiger partial charge on any atom is 0.188 e. The molecule has 2 atom stereocenters. The van der Waals surface area contributed by atoms with E-state index >= 15 is 0 Å². The van der Waals surface area contributed by atoms with Crippen molar-refractivity contribution in [2.24, 2.45) is 0 Å². The second-order valence-electron chi connectivity index (χ2n) is 7.47. The maximum absolute atomic E-state index is 10.2. The van der Waals surface area contributed by atoms with Gasteiger partial charge >= 0.3 is 0 Å². The van der Waals surface area contributed by atoms with Crippen molar-refractivity contribution < 1.29 is 14.9 Å². The van der Waals surface area contributed by atoms with Crippen LogP contribution in [0.1, 0.15) is 18.5 Å². The first-order valence-corrected chi connectivity index (χ1v) is 10.4. The van der Waals surface area contributed by atoms with Crippen molar-refractivity contribution in [2.75, 3.05) is 44.5 Å². The number of hydrogen-bond acceptors (Lipinski definition) is 8. The summed E-state index contributed by atoms with van der Waals surface area (Å²) in [7, 11) is 3.94. The van der Waals surface area contributed by atoms with Gasteiger partial charge in [0.25, 0.3) is 0 Å². The molecule has 0 spiro atoms. The first-order chi connectivity index (χ1) is 15.5. The van der Waals surface area contributed by atoms with Gasteiger partial charge in [0.05, 0.1) is 23.9 Å². The van der Waals surface area contributed by atoms with Gasteiger partial charge in [-0.05, 0) is 38.6 Å². The molecule has 0 amide bonds. The Labute approximate surface area is 188 Å². The van der Waals surface area contributed by atoms with E-state index in [2.05, 4.69) is 32.4 Å². The fraction of sp³-hybridized carbons (Fsp3) is 0.333. The number of nitrogens with one attached hydrogen (secondary N) is 2. The molecule has 0 aliphatic rings. The average Bonchev–Trinajstić information content (AvgIpc) is 2.78. The van der Waals surface area contributed by atoms with Gasteiger partial charge < -0.3 is 30.5 Å². The lowest BCUT2D eigenvalue weighted by Gasteiger charge is -2.20. The molecule has 1 heterocycles. The van der Waals surface area contributed by atoms with Gasteiger partial charge in [0, 0.05) is 18.0 Å². The Morgan fingerprint density at radius 3 is 2.59 bits per heavy atom. The number of nitrogens with zero attached hydrogens (tertiary/aromatic N) is 3. The molecule has 3 rings (SSSR count). The lowest BCUT2D eigenvalue weighted by Crippen LogP contribution is -2.21. The van der Waals surface area contributed by atoms with E-state index in [1.165, 1.54) is 6.33 Å². The highest BCUT2D eigenvalue weighted by atomic mass is 16.5. The molecule has 4 N–H and O–H groups in total. The number of hydrogen-bond donors (Lipinski definition) is 4. The molecule has 8 nitrogen and oxygen atoms in total. The zero-order valence-corrected chi connectivity index (χ0v) is 18.5. The quantitative estimate of drug-likeness (QED) is 0.285. The van der Waals surface area contributed by atoms with Crippen LogP contribution >= 0.6 is 0 Å². The van der Waals surface area contributed by atoms with Gasteiger partial charge in [-0.25, -0.2) is 9.97 Å². The standard InChI is InChI=1S/C24H29N5O3/c1-4-8-23(31)27-20-13-18-19(14-22(20)32-12-11-29(2)3)25-16-26-24(18)28-21(15-30)17-9-6-5-7-10-17/h5-7,9-10,13-14,16,21,23,27,30-31H,11-12,15H2,1-3H3,(H,25,26,28)/t21-,23?/m1/s1. The van der Waals surface area contributed by atoms with Crippen LogP contribution in [-0.4, -0.2) is 65.2 Å². The molecule has 0 saturated carbocycles. The van der Waals surface area contributed by atoms with Crippen LogP contribution in [0.15, 0.2) is 48.8 Å². The van der Waals surface area contributed by atoms with Crippen molar-refractivity contribution in [3.05, 3.63) is 54.4 Å². The molecule has 0 saturated heterocycles. The highest BCUT2D eigenvalue weighted by Gasteiger charge is 2.16. The summed E-state index contributed by atoms with van der Waals surface area (Å²) in [5.41, 5.74) is 2.19. The summed E-state index contributed by atoms with van der Waals surface area (Å²) in [6.07, 6.45) is 0.419. The summed E-state index contributed by atoms with van der Waals surface area (Å²) >= 11 is 0. The largest absolute Gasteiger partial charge is 0.490 e. The van der Waals surface area contributed by atoms with Crippen molar-refractivity contribution in [1.29, 1.82) is 0 Å². The van der Waals surface area contributed by atoms with Gasteiger partial charge in [-0.15, -0.1) is 5.92 Å². The van der Waals surface area contributed by atoms with E-state index < -0.39 is 6.23 Å². The van der Waals surface area contributed by atoms with Crippen LogP contribution in [-0.2, 0) is 0 Å². The Morgan fingerprint density at radius 1 is 1.12 bits per heavy atom. The lowest BCUT2D eigenvalue weighted by atomic mass is 10.1. The van der Waals surface area contributed by atoms with E-state index in [1.807, 2.05) is 61.5 Å². The number of benzene rings is 2. The molecule has 3 aromatic rings. The Kier molecular flexibility index (Phi) is 8.22. The van der Waals surface area contributed by atoms with Gasteiger partial charge in [-0.1, -0.05) is 30.3 Å². The van der Waals surface area contributed by atoms with Gasteiger partial charge in [0.2, 0.25) is 0 Å². The van der Waals surface area contributed by atoms with Gasteiger partial charge in [0.15, 0.2) is 6.23 Å². The van der Waals surface area contributed by atoms with E-state index in [0.29, 0.717) is 29.4 Å². The molecule has 168 valence electrons. The third-order valence-electron chi connectivity index (χ3n) is 4.80. The molecular weight excluding hydrogens is 406 g/mol. The summed E-state index contributed by atoms with van der Waals surface area (Å²) < 4.78 is 5.96. The number of fused-ring (bicyclic) bond motifs is 1. The Morgan fingerprint density at radius 2 is 1.91 bits per heavy atom. The molecule has 0 bridgehead atoms. The first-order valence-electron chi connectivity index (χ1n) is 10.4. The molecule has 0 radical (unpaired) electrons. The first kappa shape index (κ1) is 23.3. The smallest absolute Gasteiger partial charge is 0.188 e. The van der Waals surface area contributed by atoms with Crippen LogP contribution in [0.25, 0.3) is 10.9 Å². The fourth-order valence-corrected chi connectivity index (χ4v) is 3.17. The molecule has 32 heavy (non-hydrogen) atoms. The SMILES string of the molecule is CC#CC(O)Nc1cc2c(N[C@H](CO)c3ccccc3)ncnc2cc1OCCN(C)C. The van der Waals surface area contributed by atoms with Crippen LogP contribution in [0, 0.1) is 11.8 Å². The maximum atomic E-state index is 10.2. The Hall–Kier alpha value is -3.38. The minimum atomic E-state index is -1.05. The molecule has 0 fully saturated rings. The number of likely N-dealkylation sites (N-methyl/N-ethyl adjacent to an activating group) is 1. The van der Waals surface area contributed by atoms with Crippen molar-refractivity contribution in [3.63, 3.8) is 0 Å². The summed E-state index contributed by atoms with van der Waals surface area (Å²) in [5, 5.41) is 27.1. The molecule has 1 unspecified atom stereocenters. The van der Waals surface area contributed by atoms with Crippen molar-refractivity contribution in [1.82, 2.24) is 14.9 Å². The normalized spacial score (nSPS) is 12.7. The molecule has 0 aliphatic carbocycles. The van der Waals surface area contributed by atoms with E-state index in [4.69, 9.17) is 4.74 Å². The minimum absolute atomic E-state index is 0.100. The van der Waals surface area contributed by atoms with E-state index in [1.54, 1.807) is 6.92 Å². The zero-order valence-electron chi connectivity index (χ0n) is 18.5. The van der Waals surface area contributed by atoms with E-state index in [-0.39, 0.29) is 12.6 Å². The number of aliphatic hydroxyl groups excluding tert-OH is 2. The predicted molar refractivity (Wildman–Crippen MR) is 127 cm³/mol. The van der Waals surface area contributed by atoms with E-state index in [9.17, 15) is 10.2 Å². The monoisotopic (exact) mass is 435 g/mol. The van der Waals surface area contributed by atoms with Crippen molar-refractivity contribution in [2.45, 2.75) is 19.2 Å². The Balaban J connectivity index is 1.98. The van der Waals surface area contributed by atoms with Crippen LogP contribution in [0.2, 0.25) is 0 Å². The average molecular weight is 436 g/mol. The highest BCUT2D eigenvalue weighted by Crippen LogP contribution is 2.33. The third kappa shape index (κ3) is 6.08. The summed E-state index contributed by atoms with van der Waals surface area (Å²) in [6.45, 7) is 2.77. The van der Waals surface area contributed by atoms with Crippen molar-refractivity contribution >= 4 is 22.4 Å². The predicted octanol–water partition coefficient (Wildman–Crippen LogP) is 2.47. The van der Waals surface area contributed by atoms with Gasteiger partial charge in [0.1, 0.15) is 24.5 Å². The topological polar surface area (TPSA) is 103 Å². The van der Waals surface area contributed by atoms with E-state index in [0.717, 1.165) is 17.5 Å². The summed E-state index contributed by atoms with van der Waals surface area (Å²) in [5.74, 6) is 6.49. The second kappa shape index (κ2) is 11.3. The van der Waals surface area contributed by atoms with Gasteiger partial charge in [-0.2, -0.15) is 0 Å². The minimum Gasteiger partial charge on any atom is -0.490 e. The van der Waals surface area contributed by atoms with Crippen LogP contribution in [0.5, 0.6) is 5.75 Å². The highest BCUT2D eigenvalue weighted by molar-refractivity contribution is 5.93. The molecular formula is C24H29N5O3. The number of aromatic nitrogens is 2. The molecule has 2 aromatic carbocycles. The second-order valence-corrected chi connectivity index (χ2v) is 7.47. The van der Waals surface area contributed by atoms with Crippen molar-refractivity contribution in [3.8, 4) is 17.6 Å². The zero-order chi connectivity index (χ0) is 22.9. The number of aliphatic hydroxyl groups is 2. The number of ether oxygens (including phenoxy) is 1.